The van der Waals surface area contributed by atoms with E-state index in [4.69, 9.17) is 10.5 Å². The van der Waals surface area contributed by atoms with Gasteiger partial charge in [0.25, 0.3) is 0 Å². The van der Waals surface area contributed by atoms with E-state index in [1.165, 1.54) is 11.1 Å². The molecule has 0 bridgehead atoms. The Morgan fingerprint density at radius 1 is 1.47 bits per heavy atom. The highest BCUT2D eigenvalue weighted by atomic mass is 16.5. The van der Waals surface area contributed by atoms with Gasteiger partial charge in [0, 0.05) is 19.5 Å². The first-order valence-corrected chi connectivity index (χ1v) is 6.84. The van der Waals surface area contributed by atoms with E-state index in [-0.39, 0.29) is 11.9 Å². The van der Waals surface area contributed by atoms with Crippen molar-refractivity contribution in [2.75, 3.05) is 26.3 Å². The first-order valence-electron chi connectivity index (χ1n) is 6.84. The van der Waals surface area contributed by atoms with Crippen LogP contribution >= 0.6 is 0 Å². The summed E-state index contributed by atoms with van der Waals surface area (Å²) in [6.45, 7) is 4.39. The molecule has 19 heavy (non-hydrogen) atoms. The monoisotopic (exact) mass is 262 g/mol. The molecule has 1 fully saturated rings. The van der Waals surface area contributed by atoms with E-state index in [1.807, 2.05) is 17.0 Å². The molecule has 4 heteroatoms. The van der Waals surface area contributed by atoms with E-state index >= 15 is 0 Å². The third-order valence-corrected chi connectivity index (χ3v) is 3.69. The van der Waals surface area contributed by atoms with E-state index in [9.17, 15) is 4.79 Å². The number of carbonyl (C=O) groups excluding carboxylic acids is 1. The van der Waals surface area contributed by atoms with Gasteiger partial charge in [0.05, 0.1) is 19.3 Å². The Labute approximate surface area is 114 Å². The number of morpholine rings is 1. The van der Waals surface area contributed by atoms with E-state index in [1.54, 1.807) is 0 Å². The van der Waals surface area contributed by atoms with Gasteiger partial charge in [-0.1, -0.05) is 24.3 Å². The van der Waals surface area contributed by atoms with Gasteiger partial charge in [-0.25, -0.2) is 0 Å². The van der Waals surface area contributed by atoms with Gasteiger partial charge in [-0.05, 0) is 24.5 Å². The fourth-order valence-corrected chi connectivity index (χ4v) is 2.45. The molecule has 0 aromatic heterocycles. The topological polar surface area (TPSA) is 55.6 Å². The Morgan fingerprint density at radius 2 is 2.26 bits per heavy atom. The minimum atomic E-state index is 0.0399. The molecule has 2 rings (SSSR count). The average Bonchev–Trinajstić information content (AvgIpc) is 2.46. The summed E-state index contributed by atoms with van der Waals surface area (Å²) in [5, 5.41) is 0. The van der Waals surface area contributed by atoms with Crippen molar-refractivity contribution in [3.8, 4) is 0 Å². The second-order valence-electron chi connectivity index (χ2n) is 4.98. The van der Waals surface area contributed by atoms with Crippen molar-refractivity contribution in [2.45, 2.75) is 25.8 Å². The van der Waals surface area contributed by atoms with Crippen LogP contribution in [0.2, 0.25) is 0 Å². The maximum atomic E-state index is 12.3. The maximum Gasteiger partial charge on any atom is 0.223 e. The highest BCUT2D eigenvalue weighted by molar-refractivity contribution is 5.77. The van der Waals surface area contributed by atoms with Gasteiger partial charge in [-0.3, -0.25) is 4.79 Å². The molecular formula is C15H22N2O2. The summed E-state index contributed by atoms with van der Waals surface area (Å²) < 4.78 is 5.36. The predicted molar refractivity (Wildman–Crippen MR) is 74.9 cm³/mol. The lowest BCUT2D eigenvalue weighted by Crippen LogP contribution is -2.52. The third kappa shape index (κ3) is 3.55. The fraction of sp³-hybridized carbons (Fsp3) is 0.533. The molecule has 1 aromatic rings. The van der Waals surface area contributed by atoms with Crippen LogP contribution in [0.4, 0.5) is 0 Å². The molecule has 1 heterocycles. The van der Waals surface area contributed by atoms with Crippen LogP contribution in [-0.4, -0.2) is 43.2 Å². The van der Waals surface area contributed by atoms with Crippen LogP contribution in [0.15, 0.2) is 24.3 Å². The number of carbonyl (C=O) groups is 1. The van der Waals surface area contributed by atoms with Crippen LogP contribution in [0.3, 0.4) is 0 Å². The van der Waals surface area contributed by atoms with Gasteiger partial charge in [0.15, 0.2) is 0 Å². The van der Waals surface area contributed by atoms with E-state index in [2.05, 4.69) is 19.1 Å². The van der Waals surface area contributed by atoms with Crippen LogP contribution < -0.4 is 5.73 Å². The smallest absolute Gasteiger partial charge is 0.223 e. The molecule has 1 aliphatic heterocycles. The lowest BCUT2D eigenvalue weighted by atomic mass is 10.0. The van der Waals surface area contributed by atoms with Gasteiger partial charge in [-0.15, -0.1) is 0 Å². The summed E-state index contributed by atoms with van der Waals surface area (Å²) >= 11 is 0. The number of nitrogens with zero attached hydrogens (tertiary/aromatic N) is 1. The summed E-state index contributed by atoms with van der Waals surface area (Å²) in [6.07, 6.45) is 1.33. The lowest BCUT2D eigenvalue weighted by Gasteiger charge is -2.35. The number of amides is 1. The first kappa shape index (κ1) is 14.0. The summed E-state index contributed by atoms with van der Waals surface area (Å²) in [4.78, 5) is 14.1. The largest absolute Gasteiger partial charge is 0.377 e. The third-order valence-electron chi connectivity index (χ3n) is 3.69. The van der Waals surface area contributed by atoms with E-state index in [0.29, 0.717) is 32.7 Å². The highest BCUT2D eigenvalue weighted by Gasteiger charge is 2.25. The van der Waals surface area contributed by atoms with Gasteiger partial charge in [0.2, 0.25) is 5.91 Å². The predicted octanol–water partition coefficient (Wildman–Crippen LogP) is 1.11. The molecule has 4 nitrogen and oxygen atoms in total. The first-order chi connectivity index (χ1) is 9.22. The van der Waals surface area contributed by atoms with Gasteiger partial charge in [-0.2, -0.15) is 0 Å². The molecule has 1 saturated heterocycles. The molecule has 1 atom stereocenters. The number of nitrogens with two attached hydrogens (primary N) is 1. The maximum absolute atomic E-state index is 12.3. The van der Waals surface area contributed by atoms with Gasteiger partial charge in [0.1, 0.15) is 0 Å². The van der Waals surface area contributed by atoms with Crippen LogP contribution in [0, 0.1) is 6.92 Å². The molecule has 1 aliphatic rings. The second kappa shape index (κ2) is 6.68. The molecule has 1 aromatic carbocycles. The van der Waals surface area contributed by atoms with Crippen molar-refractivity contribution in [3.63, 3.8) is 0 Å². The Hall–Kier alpha value is -1.39. The molecule has 0 saturated carbocycles. The van der Waals surface area contributed by atoms with Crippen molar-refractivity contribution in [2.24, 2.45) is 5.73 Å². The van der Waals surface area contributed by atoms with Crippen LogP contribution in [0.5, 0.6) is 0 Å². The van der Waals surface area contributed by atoms with Crippen molar-refractivity contribution in [3.05, 3.63) is 35.4 Å². The molecule has 0 aliphatic carbocycles. The molecule has 104 valence electrons. The van der Waals surface area contributed by atoms with E-state index in [0.717, 1.165) is 6.42 Å². The Bertz CT molecular complexity index is 434. The van der Waals surface area contributed by atoms with Crippen molar-refractivity contribution < 1.29 is 9.53 Å². The number of rotatable bonds is 4. The summed E-state index contributed by atoms with van der Waals surface area (Å²) in [5.74, 6) is 0.182. The van der Waals surface area contributed by atoms with Crippen LogP contribution in [-0.2, 0) is 16.0 Å². The number of aryl methyl sites for hydroxylation is 2. The SMILES string of the molecule is Cc1ccccc1CCC(=O)N1CCOCC1CN. The van der Waals surface area contributed by atoms with Crippen molar-refractivity contribution >= 4 is 5.91 Å². The standard InChI is InChI=1S/C15H22N2O2/c1-12-4-2-3-5-13(12)6-7-15(18)17-8-9-19-11-14(17)10-16/h2-5,14H,6-11,16H2,1H3. The molecular weight excluding hydrogens is 240 g/mol. The summed E-state index contributed by atoms with van der Waals surface area (Å²) in [7, 11) is 0. The zero-order chi connectivity index (χ0) is 13.7. The quantitative estimate of drug-likeness (QED) is 0.884. The minimum Gasteiger partial charge on any atom is -0.377 e. The molecule has 1 unspecified atom stereocenters. The number of ether oxygens (including phenoxy) is 1. The Balaban J connectivity index is 1.92. The Kier molecular flexibility index (Phi) is 4.93. The van der Waals surface area contributed by atoms with E-state index < -0.39 is 0 Å². The molecule has 0 spiro atoms. The number of hydrogen-bond donors (Lipinski definition) is 1. The van der Waals surface area contributed by atoms with Crippen molar-refractivity contribution in [1.82, 2.24) is 4.90 Å². The highest BCUT2D eigenvalue weighted by Crippen LogP contribution is 2.13. The van der Waals surface area contributed by atoms with Gasteiger partial charge >= 0.3 is 0 Å². The zero-order valence-electron chi connectivity index (χ0n) is 11.5. The average molecular weight is 262 g/mol. The Morgan fingerprint density at radius 3 is 3.00 bits per heavy atom. The zero-order valence-corrected chi connectivity index (χ0v) is 11.5. The van der Waals surface area contributed by atoms with Crippen LogP contribution in [0.25, 0.3) is 0 Å². The minimum absolute atomic E-state index is 0.0399. The second-order valence-corrected chi connectivity index (χ2v) is 4.98. The number of benzene rings is 1. The van der Waals surface area contributed by atoms with Gasteiger partial charge < -0.3 is 15.4 Å². The molecule has 1 amide bonds. The normalized spacial score (nSPS) is 19.5. The van der Waals surface area contributed by atoms with Crippen molar-refractivity contribution in [1.29, 1.82) is 0 Å². The summed E-state index contributed by atoms with van der Waals surface area (Å²) in [5.41, 5.74) is 8.18. The molecule has 0 radical (unpaired) electrons. The number of hydrogen-bond acceptors (Lipinski definition) is 3. The lowest BCUT2D eigenvalue weighted by molar-refractivity contribution is -0.139. The fourth-order valence-electron chi connectivity index (χ4n) is 2.45. The summed E-state index contributed by atoms with van der Waals surface area (Å²) in [6, 6.07) is 8.25. The van der Waals surface area contributed by atoms with Crippen LogP contribution in [0.1, 0.15) is 17.5 Å². The molecule has 2 N–H and O–H groups in total.